The van der Waals surface area contributed by atoms with Crippen LogP contribution in [0.2, 0.25) is 0 Å². The van der Waals surface area contributed by atoms with Crippen LogP contribution in [-0.4, -0.2) is 29.6 Å². The maximum absolute atomic E-state index is 13.6. The number of nitrogens with zero attached hydrogens (tertiary/aromatic N) is 2. The SMILES string of the molecule is COc1ccc2nc(N3C(=O)C(=O)C(C(=O)c4cccs4)C3c3ccc(F)cc3)sc2c1. The summed E-state index contributed by atoms with van der Waals surface area (Å²) >= 11 is 2.43. The van der Waals surface area contributed by atoms with Gasteiger partial charge in [-0.3, -0.25) is 19.3 Å². The van der Waals surface area contributed by atoms with Crippen molar-refractivity contribution in [2.24, 2.45) is 5.92 Å². The van der Waals surface area contributed by atoms with Gasteiger partial charge in [-0.2, -0.15) is 0 Å². The Bertz CT molecular complexity index is 1350. The van der Waals surface area contributed by atoms with E-state index in [1.807, 2.05) is 0 Å². The molecule has 3 heterocycles. The number of amides is 1. The molecule has 0 bridgehead atoms. The van der Waals surface area contributed by atoms with E-state index in [9.17, 15) is 18.8 Å². The number of Topliss-reactive ketones (excluding diaryl/α,β-unsaturated/α-hetero) is 2. The largest absolute Gasteiger partial charge is 0.497 e. The average molecular weight is 467 g/mol. The Morgan fingerprint density at radius 2 is 1.91 bits per heavy atom. The van der Waals surface area contributed by atoms with Crippen LogP contribution in [0.25, 0.3) is 10.2 Å². The fourth-order valence-corrected chi connectivity index (χ4v) is 5.57. The fourth-order valence-electron chi connectivity index (χ4n) is 3.84. The number of hydrogen-bond acceptors (Lipinski definition) is 7. The molecule has 1 saturated heterocycles. The number of aromatic nitrogens is 1. The average Bonchev–Trinajstić information content (AvgIpc) is 3.52. The number of ether oxygens (including phenoxy) is 1. The topological polar surface area (TPSA) is 76.6 Å². The van der Waals surface area contributed by atoms with Crippen molar-refractivity contribution in [1.82, 2.24) is 4.98 Å². The molecule has 0 spiro atoms. The second-order valence-electron chi connectivity index (χ2n) is 7.19. The third-order valence-electron chi connectivity index (χ3n) is 5.35. The maximum atomic E-state index is 13.6. The summed E-state index contributed by atoms with van der Waals surface area (Å²) in [5, 5.41) is 2.03. The number of thiophene rings is 1. The predicted octanol–water partition coefficient (Wildman–Crippen LogP) is 4.66. The number of hydrogen-bond donors (Lipinski definition) is 0. The molecule has 2 aromatic heterocycles. The third kappa shape index (κ3) is 3.30. The van der Waals surface area contributed by atoms with Gasteiger partial charge in [-0.15, -0.1) is 11.3 Å². The highest BCUT2D eigenvalue weighted by Gasteiger charge is 2.53. The molecule has 1 aliphatic rings. The molecule has 1 fully saturated rings. The van der Waals surface area contributed by atoms with Crippen molar-refractivity contribution in [3.05, 3.63) is 76.2 Å². The Labute approximate surface area is 189 Å². The lowest BCUT2D eigenvalue weighted by Crippen LogP contribution is -2.30. The van der Waals surface area contributed by atoms with E-state index in [1.165, 1.54) is 51.8 Å². The smallest absolute Gasteiger partial charge is 0.297 e. The quantitative estimate of drug-likeness (QED) is 0.243. The molecule has 160 valence electrons. The first-order valence-electron chi connectivity index (χ1n) is 9.63. The first kappa shape index (κ1) is 20.5. The van der Waals surface area contributed by atoms with Crippen molar-refractivity contribution < 1.29 is 23.5 Å². The van der Waals surface area contributed by atoms with E-state index in [2.05, 4.69) is 4.98 Å². The van der Waals surface area contributed by atoms with Crippen molar-refractivity contribution in [2.45, 2.75) is 6.04 Å². The highest BCUT2D eigenvalue weighted by Crippen LogP contribution is 2.44. The van der Waals surface area contributed by atoms with Crippen LogP contribution in [0, 0.1) is 11.7 Å². The second-order valence-corrected chi connectivity index (χ2v) is 9.14. The summed E-state index contributed by atoms with van der Waals surface area (Å²) in [7, 11) is 1.55. The summed E-state index contributed by atoms with van der Waals surface area (Å²) in [6.07, 6.45) is 0. The highest BCUT2D eigenvalue weighted by atomic mass is 32.1. The number of halogens is 1. The number of benzene rings is 2. The van der Waals surface area contributed by atoms with Crippen LogP contribution < -0.4 is 9.64 Å². The van der Waals surface area contributed by atoms with Gasteiger partial charge < -0.3 is 4.74 Å². The maximum Gasteiger partial charge on any atom is 0.297 e. The number of thiazole rings is 1. The zero-order chi connectivity index (χ0) is 22.4. The molecule has 4 aromatic rings. The Kier molecular flexibility index (Phi) is 5.07. The molecule has 2 unspecified atom stereocenters. The zero-order valence-electron chi connectivity index (χ0n) is 16.7. The third-order valence-corrected chi connectivity index (χ3v) is 7.26. The summed E-state index contributed by atoms with van der Waals surface area (Å²) in [5.74, 6) is -3.09. The first-order chi connectivity index (χ1) is 15.5. The van der Waals surface area contributed by atoms with Gasteiger partial charge in [-0.25, -0.2) is 9.37 Å². The molecule has 32 heavy (non-hydrogen) atoms. The molecule has 5 rings (SSSR count). The zero-order valence-corrected chi connectivity index (χ0v) is 18.3. The lowest BCUT2D eigenvalue weighted by atomic mass is 9.88. The molecule has 0 saturated carbocycles. The molecule has 9 heteroatoms. The van der Waals surface area contributed by atoms with Gasteiger partial charge in [0.1, 0.15) is 17.5 Å². The van der Waals surface area contributed by atoms with Gasteiger partial charge in [0.05, 0.1) is 28.2 Å². The van der Waals surface area contributed by atoms with Gasteiger partial charge in [0, 0.05) is 0 Å². The van der Waals surface area contributed by atoms with Crippen LogP contribution in [0.1, 0.15) is 21.3 Å². The fraction of sp³-hybridized carbons (Fsp3) is 0.130. The van der Waals surface area contributed by atoms with Crippen LogP contribution in [0.5, 0.6) is 5.75 Å². The first-order valence-corrected chi connectivity index (χ1v) is 11.3. The van der Waals surface area contributed by atoms with Gasteiger partial charge in [-0.05, 0) is 47.3 Å². The minimum atomic E-state index is -1.24. The molecule has 2 atom stereocenters. The molecule has 1 amide bonds. The molecule has 6 nitrogen and oxygen atoms in total. The second kappa shape index (κ2) is 7.92. The van der Waals surface area contributed by atoms with Crippen LogP contribution in [-0.2, 0) is 9.59 Å². The van der Waals surface area contributed by atoms with Crippen LogP contribution in [0.4, 0.5) is 9.52 Å². The molecule has 1 aliphatic heterocycles. The van der Waals surface area contributed by atoms with Gasteiger partial charge >= 0.3 is 0 Å². The van der Waals surface area contributed by atoms with Crippen molar-refractivity contribution in [3.63, 3.8) is 0 Å². The van der Waals surface area contributed by atoms with E-state index in [0.29, 0.717) is 26.8 Å². The molecule has 0 radical (unpaired) electrons. The number of methoxy groups -OCH3 is 1. The van der Waals surface area contributed by atoms with Gasteiger partial charge in [0.2, 0.25) is 5.78 Å². The lowest BCUT2D eigenvalue weighted by molar-refractivity contribution is -0.135. The number of carbonyl (C=O) groups excluding carboxylic acids is 3. The highest BCUT2D eigenvalue weighted by molar-refractivity contribution is 7.22. The Hall–Kier alpha value is -3.43. The number of rotatable bonds is 5. The molecule has 0 aliphatic carbocycles. The summed E-state index contributed by atoms with van der Waals surface area (Å²) < 4.78 is 19.6. The van der Waals surface area contributed by atoms with Crippen molar-refractivity contribution in [3.8, 4) is 5.75 Å². The normalized spacial score (nSPS) is 18.5. The minimum absolute atomic E-state index is 0.294. The number of fused-ring (bicyclic) bond motifs is 1. The van der Waals surface area contributed by atoms with E-state index >= 15 is 0 Å². The van der Waals surface area contributed by atoms with E-state index in [-0.39, 0.29) is 0 Å². The molecule has 2 aromatic carbocycles. The van der Waals surface area contributed by atoms with Crippen LogP contribution >= 0.6 is 22.7 Å². The standard InChI is InChI=1S/C23H15FN2O4S2/c1-30-14-8-9-15-17(11-14)32-23(25-15)26-19(12-4-6-13(24)7-5-12)18(21(28)22(26)29)20(27)16-3-2-10-31-16/h2-11,18-19H,1H3. The lowest BCUT2D eigenvalue weighted by Gasteiger charge is -2.24. The Morgan fingerprint density at radius 1 is 1.12 bits per heavy atom. The minimum Gasteiger partial charge on any atom is -0.497 e. The Balaban J connectivity index is 1.66. The summed E-state index contributed by atoms with van der Waals surface area (Å²) in [4.78, 5) is 45.6. The van der Waals surface area contributed by atoms with E-state index < -0.39 is 35.3 Å². The molecular weight excluding hydrogens is 451 g/mol. The van der Waals surface area contributed by atoms with E-state index in [1.54, 1.807) is 42.8 Å². The summed E-state index contributed by atoms with van der Waals surface area (Å²) in [5.41, 5.74) is 1.12. The van der Waals surface area contributed by atoms with Crippen LogP contribution in [0.15, 0.2) is 60.0 Å². The molecule has 0 N–H and O–H groups in total. The number of ketones is 2. The summed E-state index contributed by atoms with van der Waals surface area (Å²) in [6.45, 7) is 0. The van der Waals surface area contributed by atoms with Crippen LogP contribution in [0.3, 0.4) is 0 Å². The Morgan fingerprint density at radius 3 is 2.59 bits per heavy atom. The monoisotopic (exact) mass is 466 g/mol. The van der Waals surface area contributed by atoms with Crippen molar-refractivity contribution in [1.29, 1.82) is 0 Å². The summed E-state index contributed by atoms with van der Waals surface area (Å²) in [6, 6.07) is 13.2. The predicted molar refractivity (Wildman–Crippen MR) is 120 cm³/mol. The van der Waals surface area contributed by atoms with Crippen molar-refractivity contribution >= 4 is 55.5 Å². The number of carbonyl (C=O) groups is 3. The van der Waals surface area contributed by atoms with Gasteiger partial charge in [0.15, 0.2) is 10.9 Å². The van der Waals surface area contributed by atoms with Gasteiger partial charge in [-0.1, -0.05) is 29.5 Å². The van der Waals surface area contributed by atoms with Crippen molar-refractivity contribution in [2.75, 3.05) is 12.0 Å². The van der Waals surface area contributed by atoms with E-state index in [0.717, 1.165) is 4.70 Å². The van der Waals surface area contributed by atoms with E-state index in [4.69, 9.17) is 4.74 Å². The number of anilines is 1. The molecular formula is C23H15FN2O4S2. The van der Waals surface area contributed by atoms with Gasteiger partial charge in [0.25, 0.3) is 5.91 Å².